The minimum Gasteiger partial charge on any atom is -0.463 e. The average molecular weight is 649 g/mol. The lowest BCUT2D eigenvalue weighted by Gasteiger charge is -2.40. The van der Waals surface area contributed by atoms with E-state index < -0.39 is 85.2 Å². The second-order valence-electron chi connectivity index (χ2n) is 9.01. The Hall–Kier alpha value is -3.54. The largest absolute Gasteiger partial charge is 0.463 e. The molecule has 1 aliphatic heterocycles. The second-order valence-corrected chi connectivity index (χ2v) is 9.01. The minimum absolute atomic E-state index is 0.125. The maximum absolute atomic E-state index is 14.4. The average Bonchev–Trinajstić information content (AvgIpc) is 3.20. The van der Waals surface area contributed by atoms with E-state index in [1.807, 2.05) is 0 Å². The molecule has 1 aliphatic rings. The topological polar surface area (TPSA) is 72.9 Å². The summed E-state index contributed by atoms with van der Waals surface area (Å²) in [5.41, 5.74) is 0.264. The molecule has 0 spiro atoms. The van der Waals surface area contributed by atoms with Crippen LogP contribution in [0.25, 0.3) is 0 Å². The van der Waals surface area contributed by atoms with Gasteiger partial charge in [-0.2, -0.15) is 57.1 Å². The maximum Gasteiger partial charge on any atom is 0.460 e. The SMILES string of the molecule is CCOC(=O)/C=C/C(=O)N1C(=O)O[C@H](CCC(F)(F)C(F)(F)C(F)(F)C(F)(F)C(F)(F)C(F)(F)F)[C@@H]1Cc1ccccc1. The summed E-state index contributed by atoms with van der Waals surface area (Å²) >= 11 is 0. The second kappa shape index (κ2) is 12.2. The van der Waals surface area contributed by atoms with Gasteiger partial charge in [0, 0.05) is 18.6 Å². The van der Waals surface area contributed by atoms with Crippen molar-refractivity contribution in [2.24, 2.45) is 0 Å². The summed E-state index contributed by atoms with van der Waals surface area (Å²) in [7, 11) is 0. The predicted octanol–water partition coefficient (Wildman–Crippen LogP) is 6.58. The van der Waals surface area contributed by atoms with Gasteiger partial charge in [0.1, 0.15) is 6.10 Å². The van der Waals surface area contributed by atoms with Gasteiger partial charge in [-0.3, -0.25) is 4.79 Å². The molecule has 0 bridgehead atoms. The van der Waals surface area contributed by atoms with E-state index in [1.165, 1.54) is 37.3 Å². The zero-order valence-corrected chi connectivity index (χ0v) is 21.4. The Morgan fingerprint density at radius 3 is 1.88 bits per heavy atom. The van der Waals surface area contributed by atoms with Gasteiger partial charge < -0.3 is 9.47 Å². The third-order valence-electron chi connectivity index (χ3n) is 6.12. The third-order valence-corrected chi connectivity index (χ3v) is 6.12. The predicted molar refractivity (Wildman–Crippen MR) is 117 cm³/mol. The Morgan fingerprint density at radius 2 is 1.37 bits per heavy atom. The molecule has 2 amide bonds. The van der Waals surface area contributed by atoms with Gasteiger partial charge in [0.05, 0.1) is 12.6 Å². The molecule has 0 N–H and O–H groups in total. The number of ether oxygens (including phenoxy) is 2. The van der Waals surface area contributed by atoms with Crippen LogP contribution in [0.3, 0.4) is 0 Å². The van der Waals surface area contributed by atoms with Gasteiger partial charge in [-0.05, 0) is 25.3 Å². The van der Waals surface area contributed by atoms with Crippen LogP contribution in [0.5, 0.6) is 0 Å². The number of rotatable bonds is 12. The van der Waals surface area contributed by atoms with E-state index in [4.69, 9.17) is 4.74 Å². The number of halogens is 13. The lowest BCUT2D eigenvalue weighted by molar-refractivity contribution is -0.440. The van der Waals surface area contributed by atoms with Crippen molar-refractivity contribution in [3.8, 4) is 0 Å². The molecule has 19 heteroatoms. The highest BCUT2D eigenvalue weighted by Gasteiger charge is 2.90. The van der Waals surface area contributed by atoms with Crippen LogP contribution in [0, 0.1) is 0 Å². The molecule has 0 aromatic heterocycles. The number of benzene rings is 1. The van der Waals surface area contributed by atoms with Crippen molar-refractivity contribution < 1.29 is 80.9 Å². The third kappa shape index (κ3) is 6.68. The standard InChI is InChI=1S/C24H20F13NO5/c1-2-42-17(40)9-8-16(39)38-14(12-13-6-4-3-5-7-13)15(43-18(38)41)10-11-19(25,26)20(27,28)21(29,30)22(31,32)23(33,34)24(35,36)37/h3-9,14-15H,2,10-12H2,1H3/b9-8+/t14-,15+/m0/s1. The fourth-order valence-corrected chi connectivity index (χ4v) is 3.84. The minimum atomic E-state index is -8.05. The van der Waals surface area contributed by atoms with Crippen molar-refractivity contribution in [2.75, 3.05) is 6.61 Å². The summed E-state index contributed by atoms with van der Waals surface area (Å²) in [6.45, 7) is 1.28. The molecular weight excluding hydrogens is 629 g/mol. The molecule has 1 aromatic rings. The smallest absolute Gasteiger partial charge is 0.460 e. The first-order valence-electron chi connectivity index (χ1n) is 11.8. The Bertz CT molecular complexity index is 1200. The van der Waals surface area contributed by atoms with Crippen LogP contribution in [-0.2, 0) is 25.5 Å². The fourth-order valence-electron chi connectivity index (χ4n) is 3.84. The van der Waals surface area contributed by atoms with E-state index in [2.05, 4.69) is 4.74 Å². The van der Waals surface area contributed by atoms with Crippen molar-refractivity contribution in [3.05, 3.63) is 48.0 Å². The summed E-state index contributed by atoms with van der Waals surface area (Å²) in [6.07, 6.45) is -14.8. The van der Waals surface area contributed by atoms with Crippen LogP contribution in [-0.4, -0.2) is 77.4 Å². The molecule has 1 aromatic carbocycles. The molecule has 0 saturated carbocycles. The summed E-state index contributed by atoms with van der Waals surface area (Å²) < 4.78 is 184. The molecule has 0 radical (unpaired) electrons. The summed E-state index contributed by atoms with van der Waals surface area (Å²) in [5.74, 6) is -40.1. The molecule has 1 fully saturated rings. The highest BCUT2D eigenvalue weighted by molar-refractivity contribution is 6.02. The number of hydrogen-bond donors (Lipinski definition) is 0. The Kier molecular flexibility index (Phi) is 10.1. The Balaban J connectivity index is 2.39. The summed E-state index contributed by atoms with van der Waals surface area (Å²) in [5, 5.41) is 0. The summed E-state index contributed by atoms with van der Waals surface area (Å²) in [4.78, 5) is 36.7. The Morgan fingerprint density at radius 1 is 0.837 bits per heavy atom. The molecule has 43 heavy (non-hydrogen) atoms. The van der Waals surface area contributed by atoms with Gasteiger partial charge in [0.25, 0.3) is 5.91 Å². The van der Waals surface area contributed by atoms with Crippen LogP contribution in [0.4, 0.5) is 61.9 Å². The molecule has 2 atom stereocenters. The number of alkyl halides is 13. The highest BCUT2D eigenvalue weighted by Crippen LogP contribution is 2.60. The number of hydrogen-bond acceptors (Lipinski definition) is 5. The number of nitrogens with zero attached hydrogens (tertiary/aromatic N) is 1. The van der Waals surface area contributed by atoms with E-state index >= 15 is 0 Å². The van der Waals surface area contributed by atoms with Gasteiger partial charge in [-0.1, -0.05) is 30.3 Å². The molecule has 2 rings (SSSR count). The van der Waals surface area contributed by atoms with Gasteiger partial charge in [-0.15, -0.1) is 0 Å². The molecule has 1 saturated heterocycles. The van der Waals surface area contributed by atoms with E-state index in [1.54, 1.807) is 0 Å². The van der Waals surface area contributed by atoms with E-state index in [-0.39, 0.29) is 17.1 Å². The van der Waals surface area contributed by atoms with Gasteiger partial charge >= 0.3 is 47.9 Å². The number of carbonyl (C=O) groups excluding carboxylic acids is 3. The first-order valence-corrected chi connectivity index (χ1v) is 11.8. The lowest BCUT2D eigenvalue weighted by atomic mass is 9.90. The molecule has 0 unspecified atom stereocenters. The lowest BCUT2D eigenvalue weighted by Crippen LogP contribution is -2.70. The highest BCUT2D eigenvalue weighted by atomic mass is 19.4. The van der Waals surface area contributed by atoms with E-state index in [0.717, 1.165) is 0 Å². The first-order chi connectivity index (χ1) is 19.5. The van der Waals surface area contributed by atoms with Gasteiger partial charge in [-0.25, -0.2) is 14.5 Å². The van der Waals surface area contributed by atoms with Gasteiger partial charge in [0.15, 0.2) is 0 Å². The molecule has 0 aliphatic carbocycles. The number of cyclic esters (lactones) is 1. The van der Waals surface area contributed by atoms with E-state index in [0.29, 0.717) is 12.2 Å². The zero-order chi connectivity index (χ0) is 33.2. The quantitative estimate of drug-likeness (QED) is 0.145. The molecule has 6 nitrogen and oxygen atoms in total. The maximum atomic E-state index is 14.4. The molecule has 242 valence electrons. The van der Waals surface area contributed by atoms with Crippen LogP contribution in [0.15, 0.2) is 42.5 Å². The number of carbonyl (C=O) groups is 3. The van der Waals surface area contributed by atoms with Crippen molar-refractivity contribution in [1.82, 2.24) is 4.90 Å². The number of imide groups is 1. The van der Waals surface area contributed by atoms with Crippen molar-refractivity contribution >= 4 is 18.0 Å². The van der Waals surface area contributed by atoms with Crippen molar-refractivity contribution in [1.29, 1.82) is 0 Å². The normalized spacial score (nSPS) is 19.1. The number of esters is 1. The van der Waals surface area contributed by atoms with Crippen LogP contribution < -0.4 is 0 Å². The first kappa shape index (κ1) is 35.7. The fraction of sp³-hybridized carbons (Fsp3) is 0.542. The summed E-state index contributed by atoms with van der Waals surface area (Å²) in [6, 6.07) is 5.45. The van der Waals surface area contributed by atoms with E-state index in [9.17, 15) is 71.5 Å². The zero-order valence-electron chi connectivity index (χ0n) is 21.4. The van der Waals surface area contributed by atoms with Crippen molar-refractivity contribution in [2.45, 2.75) is 74.1 Å². The molecular formula is C24H20F13NO5. The van der Waals surface area contributed by atoms with Crippen molar-refractivity contribution in [3.63, 3.8) is 0 Å². The van der Waals surface area contributed by atoms with Gasteiger partial charge in [0.2, 0.25) is 0 Å². The monoisotopic (exact) mass is 649 g/mol. The van der Waals surface area contributed by atoms with Crippen LogP contribution in [0.2, 0.25) is 0 Å². The van der Waals surface area contributed by atoms with Crippen LogP contribution >= 0.6 is 0 Å². The molecule has 1 heterocycles. The Labute approximate surface area is 233 Å². The number of amides is 2. The van der Waals surface area contributed by atoms with Crippen LogP contribution in [0.1, 0.15) is 25.3 Å².